The summed E-state index contributed by atoms with van der Waals surface area (Å²) < 4.78 is 47.7. The monoisotopic (exact) mass is 654 g/mol. The number of benzene rings is 2. The van der Waals surface area contributed by atoms with Gasteiger partial charge in [0, 0.05) is 81.3 Å². The minimum absolute atomic E-state index is 0.0503. The predicted octanol–water partition coefficient (Wildman–Crippen LogP) is 5.42. The topological polar surface area (TPSA) is 108 Å². The Morgan fingerprint density at radius 2 is 1.93 bits per heavy atom. The smallest absolute Gasteiger partial charge is 0.389 e. The first kappa shape index (κ1) is 29.1. The van der Waals surface area contributed by atoms with Gasteiger partial charge in [0.1, 0.15) is 16.9 Å². The average Bonchev–Trinajstić information content (AvgIpc) is 3.19. The molecule has 0 radical (unpaired) electrons. The molecule has 0 saturated carbocycles. The number of aromatic nitrogens is 2. The Balaban J connectivity index is 1.55. The largest absolute Gasteiger partial charge is 0.417 e. The SMILES string of the molecule is C=CC(=O)N1CCN(c2nc(=O)n3c4c(c(-c5cccc6sc(N)c(C#N)c56)c(C(F)(F)F)cc24)SCC2(CSC2)C3)CC1. The van der Waals surface area contributed by atoms with Crippen molar-refractivity contribution in [3.8, 4) is 17.2 Å². The van der Waals surface area contributed by atoms with E-state index in [1.807, 2.05) is 0 Å². The highest BCUT2D eigenvalue weighted by molar-refractivity contribution is 8.01. The van der Waals surface area contributed by atoms with Crippen LogP contribution < -0.4 is 16.3 Å². The molecular formula is C30H25F3N6O2S3. The maximum absolute atomic E-state index is 15.2. The first-order chi connectivity index (χ1) is 21.0. The van der Waals surface area contributed by atoms with Gasteiger partial charge in [-0.05, 0) is 23.8 Å². The van der Waals surface area contributed by atoms with Gasteiger partial charge in [-0.15, -0.1) is 23.1 Å². The predicted molar refractivity (Wildman–Crippen MR) is 170 cm³/mol. The van der Waals surface area contributed by atoms with E-state index < -0.39 is 17.4 Å². The van der Waals surface area contributed by atoms with Crippen LogP contribution in [0.3, 0.4) is 0 Å². The molecule has 3 aliphatic heterocycles. The summed E-state index contributed by atoms with van der Waals surface area (Å²) in [5.41, 5.74) is 5.30. The maximum Gasteiger partial charge on any atom is 0.417 e. The van der Waals surface area contributed by atoms with E-state index >= 15 is 13.2 Å². The molecule has 0 bridgehead atoms. The van der Waals surface area contributed by atoms with Crippen LogP contribution in [0.1, 0.15) is 11.1 Å². The zero-order valence-electron chi connectivity index (χ0n) is 23.2. The Hall–Kier alpha value is -3.67. The lowest BCUT2D eigenvalue weighted by Gasteiger charge is -2.40. The van der Waals surface area contributed by atoms with Crippen molar-refractivity contribution >= 4 is 72.6 Å². The van der Waals surface area contributed by atoms with Crippen LogP contribution in [0.25, 0.3) is 32.1 Å². The number of hydrogen-bond acceptors (Lipinski definition) is 9. The van der Waals surface area contributed by atoms with Crippen molar-refractivity contribution in [3.05, 3.63) is 58.5 Å². The number of carbonyl (C=O) groups is 1. The van der Waals surface area contributed by atoms with Crippen molar-refractivity contribution in [1.29, 1.82) is 5.26 Å². The minimum Gasteiger partial charge on any atom is -0.389 e. The Labute approximate surface area is 262 Å². The second-order valence-electron chi connectivity index (χ2n) is 11.3. The van der Waals surface area contributed by atoms with Gasteiger partial charge in [-0.2, -0.15) is 35.2 Å². The van der Waals surface area contributed by atoms with E-state index in [1.165, 1.54) is 17.8 Å². The molecule has 7 rings (SSSR count). The second kappa shape index (κ2) is 10.5. The van der Waals surface area contributed by atoms with Crippen LogP contribution >= 0.6 is 34.9 Å². The first-order valence-corrected chi connectivity index (χ1v) is 16.8. The third-order valence-corrected chi connectivity index (χ3v) is 12.6. The van der Waals surface area contributed by atoms with Crippen molar-refractivity contribution in [2.45, 2.75) is 17.6 Å². The second-order valence-corrected chi connectivity index (χ2v) is 14.3. The Morgan fingerprint density at radius 1 is 1.18 bits per heavy atom. The van der Waals surface area contributed by atoms with Gasteiger partial charge in [0.2, 0.25) is 5.91 Å². The van der Waals surface area contributed by atoms with Crippen LogP contribution in [-0.2, 0) is 17.5 Å². The summed E-state index contributed by atoms with van der Waals surface area (Å²) in [6.45, 7) is 5.14. The normalized spacial score (nSPS) is 17.9. The molecule has 4 aromatic rings. The molecule has 0 atom stereocenters. The summed E-state index contributed by atoms with van der Waals surface area (Å²) in [5, 5.41) is 10.8. The van der Waals surface area contributed by atoms with Crippen LogP contribution in [0.15, 0.2) is 46.6 Å². The highest BCUT2D eigenvalue weighted by Gasteiger charge is 2.44. The number of anilines is 2. The molecule has 2 fully saturated rings. The maximum atomic E-state index is 15.2. The van der Waals surface area contributed by atoms with Crippen molar-refractivity contribution in [3.63, 3.8) is 0 Å². The number of halogens is 3. The summed E-state index contributed by atoms with van der Waals surface area (Å²) in [7, 11) is 0. The Bertz CT molecular complexity index is 1980. The van der Waals surface area contributed by atoms with E-state index in [0.717, 1.165) is 28.9 Å². The molecule has 0 unspecified atom stereocenters. The van der Waals surface area contributed by atoms with E-state index in [9.17, 15) is 14.9 Å². The number of alkyl halides is 3. The van der Waals surface area contributed by atoms with Crippen molar-refractivity contribution < 1.29 is 18.0 Å². The van der Waals surface area contributed by atoms with Gasteiger partial charge < -0.3 is 15.5 Å². The zero-order valence-corrected chi connectivity index (χ0v) is 25.7. The van der Waals surface area contributed by atoms with Gasteiger partial charge in [-0.3, -0.25) is 9.36 Å². The van der Waals surface area contributed by atoms with Gasteiger partial charge in [0.05, 0.1) is 16.6 Å². The first-order valence-electron chi connectivity index (χ1n) is 13.8. The number of nitriles is 1. The van der Waals surface area contributed by atoms with E-state index in [2.05, 4.69) is 17.6 Å². The molecule has 2 aromatic carbocycles. The molecule has 0 aliphatic carbocycles. The summed E-state index contributed by atoms with van der Waals surface area (Å²) in [6, 6.07) is 8.23. The quantitative estimate of drug-likeness (QED) is 0.292. The van der Waals surface area contributed by atoms with Crippen LogP contribution in [-0.4, -0.2) is 63.8 Å². The molecule has 226 valence electrons. The number of piperazine rings is 1. The number of amides is 1. The van der Waals surface area contributed by atoms with Crippen LogP contribution in [0.2, 0.25) is 0 Å². The number of rotatable bonds is 3. The number of nitrogens with two attached hydrogens (primary N) is 1. The third kappa shape index (κ3) is 4.47. The highest BCUT2D eigenvalue weighted by atomic mass is 32.2. The summed E-state index contributed by atoms with van der Waals surface area (Å²) in [6.07, 6.45) is -3.53. The molecular weight excluding hydrogens is 630 g/mol. The summed E-state index contributed by atoms with van der Waals surface area (Å²) >= 11 is 4.25. The van der Waals surface area contributed by atoms with E-state index in [4.69, 9.17) is 5.73 Å². The lowest BCUT2D eigenvalue weighted by atomic mass is 9.92. The van der Waals surface area contributed by atoms with E-state index in [-0.39, 0.29) is 44.2 Å². The zero-order chi connectivity index (χ0) is 31.0. The van der Waals surface area contributed by atoms with Crippen molar-refractivity contribution in [2.75, 3.05) is 54.1 Å². The summed E-state index contributed by atoms with van der Waals surface area (Å²) in [5.74, 6) is 2.07. The number of thiophene rings is 1. The van der Waals surface area contributed by atoms with E-state index in [0.29, 0.717) is 59.0 Å². The van der Waals surface area contributed by atoms with Gasteiger partial charge in [-0.25, -0.2) is 4.79 Å². The fraction of sp³-hybridized carbons (Fsp3) is 0.333. The minimum atomic E-state index is -4.76. The van der Waals surface area contributed by atoms with Gasteiger partial charge in [-0.1, -0.05) is 18.7 Å². The average molecular weight is 655 g/mol. The fourth-order valence-electron chi connectivity index (χ4n) is 6.34. The number of carbonyl (C=O) groups excluding carboxylic acids is 1. The molecule has 5 heterocycles. The number of fused-ring (bicyclic) bond motifs is 1. The van der Waals surface area contributed by atoms with Gasteiger partial charge >= 0.3 is 11.9 Å². The molecule has 2 saturated heterocycles. The Kier molecular flexibility index (Phi) is 6.91. The van der Waals surface area contributed by atoms with E-state index in [1.54, 1.807) is 44.3 Å². The lowest BCUT2D eigenvalue weighted by molar-refractivity contribution is -0.137. The number of thioether (sulfide) groups is 2. The standard InChI is InChI=1S/C30H25F3N6O2S3/c1-2-21(40)37-6-8-38(9-7-37)27-17-10-19(30(31,32)33)23(16-4-3-5-20-22(16)18(11-34)26(35)44-20)25-24(17)39(28(41)36-27)12-29(15-43-25)13-42-14-29/h2-5,10H,1,6-9,12-15,35H2. The number of nitrogen functional groups attached to an aromatic ring is 1. The number of nitrogens with zero attached hydrogens (tertiary/aromatic N) is 5. The molecule has 1 spiro atoms. The van der Waals surface area contributed by atoms with Gasteiger partial charge in [0.15, 0.2) is 0 Å². The van der Waals surface area contributed by atoms with Gasteiger partial charge in [0.25, 0.3) is 0 Å². The van der Waals surface area contributed by atoms with Crippen molar-refractivity contribution in [2.24, 2.45) is 5.41 Å². The van der Waals surface area contributed by atoms with Crippen LogP contribution in [0.4, 0.5) is 24.0 Å². The number of hydrogen-bond donors (Lipinski definition) is 1. The highest BCUT2D eigenvalue weighted by Crippen LogP contribution is 2.54. The molecule has 3 aliphatic rings. The van der Waals surface area contributed by atoms with Crippen molar-refractivity contribution in [1.82, 2.24) is 14.5 Å². The molecule has 1 amide bonds. The Morgan fingerprint density at radius 3 is 2.57 bits per heavy atom. The molecule has 8 nitrogen and oxygen atoms in total. The fourth-order valence-corrected chi connectivity index (χ4v) is 10.2. The summed E-state index contributed by atoms with van der Waals surface area (Å²) in [4.78, 5) is 34.1. The molecule has 44 heavy (non-hydrogen) atoms. The molecule has 2 N–H and O–H groups in total. The molecule has 2 aromatic heterocycles. The lowest BCUT2D eigenvalue weighted by Crippen LogP contribution is -2.49. The van der Waals surface area contributed by atoms with Crippen LogP contribution in [0.5, 0.6) is 0 Å². The van der Waals surface area contributed by atoms with Crippen LogP contribution in [0, 0.1) is 16.7 Å². The third-order valence-electron chi connectivity index (χ3n) is 8.53. The molecule has 14 heteroatoms.